The summed E-state index contributed by atoms with van der Waals surface area (Å²) in [5.74, 6) is 0. The Balaban J connectivity index is 3.08. The van der Waals surface area contributed by atoms with Crippen molar-refractivity contribution in [2.45, 2.75) is 226 Å². The Morgan fingerprint density at radius 2 is 0.595 bits per heavy atom. The van der Waals surface area contributed by atoms with Crippen molar-refractivity contribution in [1.29, 1.82) is 0 Å². The first-order valence-electron chi connectivity index (χ1n) is 19.5. The third-order valence-corrected chi connectivity index (χ3v) is 9.04. The minimum Gasteiger partial charge on any atom is -0.0991 e. The third kappa shape index (κ3) is 39.2. The molecule has 0 aromatic rings. The molecule has 0 aliphatic rings. The monoisotopic (exact) mass is 585 g/mol. The molecule has 248 valence electrons. The molecule has 0 unspecified atom stereocenters. The highest BCUT2D eigenvalue weighted by atomic mass is 14.1. The summed E-state index contributed by atoms with van der Waals surface area (Å²) in [5, 5.41) is 0. The molecule has 0 amide bonds. The molecule has 0 atom stereocenters. The highest BCUT2D eigenvalue weighted by Gasteiger charge is 2.08. The molecular weight excluding hydrogens is 504 g/mol. The van der Waals surface area contributed by atoms with Gasteiger partial charge in [0.25, 0.3) is 0 Å². The van der Waals surface area contributed by atoms with Crippen molar-refractivity contribution in [2.75, 3.05) is 0 Å². The number of allylic oxidation sites excluding steroid dienone is 5. The summed E-state index contributed by atoms with van der Waals surface area (Å²) < 4.78 is 0. The number of unbranched alkanes of at least 4 members (excludes halogenated alkanes) is 30. The lowest BCUT2D eigenvalue weighted by Gasteiger charge is -2.17. The van der Waals surface area contributed by atoms with E-state index in [0.717, 1.165) is 0 Å². The van der Waals surface area contributed by atoms with Crippen molar-refractivity contribution in [3.05, 3.63) is 37.0 Å². The van der Waals surface area contributed by atoms with E-state index in [1.165, 1.54) is 205 Å². The second-order valence-electron chi connectivity index (χ2n) is 14.8. The predicted octanol–water partition coefficient (Wildman–Crippen LogP) is 15.8. The second kappa shape index (κ2) is 34.7. The van der Waals surface area contributed by atoms with Gasteiger partial charge in [0.1, 0.15) is 0 Å². The van der Waals surface area contributed by atoms with Gasteiger partial charge in [-0.15, -0.1) is 0 Å². The zero-order valence-electron chi connectivity index (χ0n) is 29.7. The maximum atomic E-state index is 3.69. The van der Waals surface area contributed by atoms with E-state index in [4.69, 9.17) is 0 Å². The van der Waals surface area contributed by atoms with Crippen molar-refractivity contribution < 1.29 is 0 Å². The van der Waals surface area contributed by atoms with E-state index in [9.17, 15) is 0 Å². The molecule has 0 N–H and O–H groups in total. The van der Waals surface area contributed by atoms with Crippen molar-refractivity contribution >= 4 is 0 Å². The normalized spacial score (nSPS) is 12.3. The van der Waals surface area contributed by atoms with Gasteiger partial charge in [0.05, 0.1) is 0 Å². The molecule has 0 aromatic heterocycles. The number of hydrogen-bond acceptors (Lipinski definition) is 0. The average Bonchev–Trinajstić information content (AvgIpc) is 2.96. The molecule has 42 heavy (non-hydrogen) atoms. The standard InChI is InChI=1S/C42H80/c1-5-6-7-8-9-10-11-12-13-14-15-16-17-18-19-20-21-22-23-24-25-26-27-28-29-30-31-32-33-34-35-36-37-38-39-40-41-42(2,3)4/h5-9H,1,10-41H2,2-4H3. The van der Waals surface area contributed by atoms with Gasteiger partial charge in [-0.2, -0.15) is 0 Å². The lowest BCUT2D eigenvalue weighted by Crippen LogP contribution is -2.03. The van der Waals surface area contributed by atoms with E-state index in [0.29, 0.717) is 5.41 Å². The molecule has 0 heterocycles. The van der Waals surface area contributed by atoms with Crippen LogP contribution in [0, 0.1) is 5.41 Å². The Hall–Kier alpha value is -0.780. The van der Waals surface area contributed by atoms with Crippen LogP contribution in [-0.4, -0.2) is 0 Å². The van der Waals surface area contributed by atoms with Crippen LogP contribution in [-0.2, 0) is 0 Å². The third-order valence-electron chi connectivity index (χ3n) is 9.04. The molecule has 0 saturated carbocycles. The van der Waals surface area contributed by atoms with Crippen molar-refractivity contribution in [2.24, 2.45) is 5.41 Å². The quantitative estimate of drug-likeness (QED) is 0.0521. The molecule has 0 spiro atoms. The van der Waals surface area contributed by atoms with Crippen molar-refractivity contribution in [3.8, 4) is 0 Å². The number of rotatable bonds is 34. The summed E-state index contributed by atoms with van der Waals surface area (Å²) in [6, 6.07) is 0. The Kier molecular flexibility index (Phi) is 34.1. The maximum Gasteiger partial charge on any atom is -0.0348 e. The minimum absolute atomic E-state index is 0.530. The predicted molar refractivity (Wildman–Crippen MR) is 196 cm³/mol. The van der Waals surface area contributed by atoms with Crippen LogP contribution in [0.2, 0.25) is 0 Å². The molecule has 0 aromatic carbocycles. The van der Waals surface area contributed by atoms with Gasteiger partial charge in [-0.25, -0.2) is 0 Å². The van der Waals surface area contributed by atoms with Crippen LogP contribution in [0.15, 0.2) is 37.0 Å². The summed E-state index contributed by atoms with van der Waals surface area (Å²) in [6.45, 7) is 10.8. The van der Waals surface area contributed by atoms with Gasteiger partial charge in [0, 0.05) is 0 Å². The van der Waals surface area contributed by atoms with Gasteiger partial charge in [-0.05, 0) is 24.7 Å². The SMILES string of the molecule is C=CC=CC=CCCCCCCCCCCCCCCCCCCCCCCCCCCCCCCCCC(C)(C)C. The van der Waals surface area contributed by atoms with Gasteiger partial charge >= 0.3 is 0 Å². The van der Waals surface area contributed by atoms with Gasteiger partial charge in [-0.3, -0.25) is 0 Å². The fourth-order valence-electron chi connectivity index (χ4n) is 6.18. The molecule has 0 rings (SSSR count). The average molecular weight is 585 g/mol. The smallest absolute Gasteiger partial charge is 0.0348 e. The highest BCUT2D eigenvalue weighted by Crippen LogP contribution is 2.23. The summed E-state index contributed by atoms with van der Waals surface area (Å²) in [6.07, 6.45) is 56.9. The fraction of sp³-hybridized carbons (Fsp3) is 0.857. The van der Waals surface area contributed by atoms with E-state index in [1.54, 1.807) is 0 Å². The summed E-state index contributed by atoms with van der Waals surface area (Å²) in [4.78, 5) is 0. The molecule has 0 radical (unpaired) electrons. The van der Waals surface area contributed by atoms with Crippen LogP contribution in [0.25, 0.3) is 0 Å². The van der Waals surface area contributed by atoms with E-state index in [-0.39, 0.29) is 0 Å². The first kappa shape index (κ1) is 41.2. The molecule has 0 nitrogen and oxygen atoms in total. The molecule has 0 aliphatic heterocycles. The minimum atomic E-state index is 0.530. The molecule has 0 fully saturated rings. The molecule has 0 heteroatoms. The fourth-order valence-corrected chi connectivity index (χ4v) is 6.18. The summed E-state index contributed by atoms with van der Waals surface area (Å²) >= 11 is 0. The second-order valence-corrected chi connectivity index (χ2v) is 14.8. The summed E-state index contributed by atoms with van der Waals surface area (Å²) in [5.41, 5.74) is 0.530. The Morgan fingerprint density at radius 1 is 0.333 bits per heavy atom. The Bertz CT molecular complexity index is 559. The van der Waals surface area contributed by atoms with Crippen LogP contribution >= 0.6 is 0 Å². The van der Waals surface area contributed by atoms with Crippen molar-refractivity contribution in [1.82, 2.24) is 0 Å². The van der Waals surface area contributed by atoms with Crippen LogP contribution in [0.5, 0.6) is 0 Å². The Labute approximate surface area is 268 Å². The zero-order chi connectivity index (χ0) is 30.7. The van der Waals surface area contributed by atoms with Gasteiger partial charge in [0.15, 0.2) is 0 Å². The van der Waals surface area contributed by atoms with Gasteiger partial charge < -0.3 is 0 Å². The van der Waals surface area contributed by atoms with E-state index in [2.05, 4.69) is 45.6 Å². The largest absolute Gasteiger partial charge is 0.0991 e. The zero-order valence-corrected chi connectivity index (χ0v) is 29.7. The summed E-state index contributed by atoms with van der Waals surface area (Å²) in [7, 11) is 0. The molecule has 0 saturated heterocycles. The van der Waals surface area contributed by atoms with Crippen LogP contribution < -0.4 is 0 Å². The van der Waals surface area contributed by atoms with E-state index in [1.807, 2.05) is 12.2 Å². The van der Waals surface area contributed by atoms with Crippen LogP contribution in [0.4, 0.5) is 0 Å². The first-order chi connectivity index (χ1) is 20.6. The lowest BCUT2D eigenvalue weighted by molar-refractivity contribution is 0.356. The van der Waals surface area contributed by atoms with E-state index < -0.39 is 0 Å². The van der Waals surface area contributed by atoms with E-state index >= 15 is 0 Å². The van der Waals surface area contributed by atoms with Gasteiger partial charge in [-0.1, -0.05) is 244 Å². The van der Waals surface area contributed by atoms with Crippen LogP contribution in [0.3, 0.4) is 0 Å². The Morgan fingerprint density at radius 3 is 0.857 bits per heavy atom. The number of hydrogen-bond donors (Lipinski definition) is 0. The van der Waals surface area contributed by atoms with Crippen LogP contribution in [0.1, 0.15) is 226 Å². The first-order valence-corrected chi connectivity index (χ1v) is 19.5. The molecular formula is C42H80. The van der Waals surface area contributed by atoms with Crippen molar-refractivity contribution in [3.63, 3.8) is 0 Å². The molecule has 0 bridgehead atoms. The maximum absolute atomic E-state index is 3.69. The highest BCUT2D eigenvalue weighted by molar-refractivity contribution is 5.08. The molecule has 0 aliphatic carbocycles. The lowest BCUT2D eigenvalue weighted by atomic mass is 9.89. The van der Waals surface area contributed by atoms with Gasteiger partial charge in [0.2, 0.25) is 0 Å². The topological polar surface area (TPSA) is 0 Å².